The summed E-state index contributed by atoms with van der Waals surface area (Å²) >= 11 is 0. The molecular formula is C14H22N2O. The molecule has 1 heterocycles. The van der Waals surface area contributed by atoms with Crippen molar-refractivity contribution in [1.82, 2.24) is 0 Å². The number of benzene rings is 1. The Labute approximate surface area is 103 Å². The lowest BCUT2D eigenvalue weighted by Gasteiger charge is -2.38. The number of hydrogen-bond acceptors (Lipinski definition) is 3. The van der Waals surface area contributed by atoms with Crippen LogP contribution >= 0.6 is 0 Å². The molecule has 1 aliphatic rings. The molecular weight excluding hydrogens is 212 g/mol. The van der Waals surface area contributed by atoms with Crippen LogP contribution in [0.2, 0.25) is 0 Å². The molecule has 1 saturated heterocycles. The molecule has 0 aromatic heterocycles. The summed E-state index contributed by atoms with van der Waals surface area (Å²) in [6.07, 6.45) is 4.48. The molecule has 0 bridgehead atoms. The number of aryl methyl sites for hydroxylation is 1. The van der Waals surface area contributed by atoms with E-state index in [-0.39, 0.29) is 6.61 Å². The van der Waals surface area contributed by atoms with E-state index in [2.05, 4.69) is 24.0 Å². The third kappa shape index (κ3) is 2.72. The van der Waals surface area contributed by atoms with Gasteiger partial charge in [-0.25, -0.2) is 0 Å². The van der Waals surface area contributed by atoms with Gasteiger partial charge < -0.3 is 15.7 Å². The third-order valence-electron chi connectivity index (χ3n) is 3.58. The highest BCUT2D eigenvalue weighted by molar-refractivity contribution is 5.69. The van der Waals surface area contributed by atoms with Gasteiger partial charge in [-0.15, -0.1) is 0 Å². The highest BCUT2D eigenvalue weighted by Gasteiger charge is 2.23. The molecule has 3 heteroatoms. The van der Waals surface area contributed by atoms with Crippen LogP contribution in [-0.4, -0.2) is 24.3 Å². The molecule has 0 saturated carbocycles. The van der Waals surface area contributed by atoms with E-state index >= 15 is 0 Å². The molecule has 1 atom stereocenters. The standard InChI is InChI=1S/C14H22N2O/c1-11-5-6-14(13(15)10-11)16-8-3-2-4-12(16)7-9-17/h5-6,10,12,17H,2-4,7-9,15H2,1H3. The van der Waals surface area contributed by atoms with Gasteiger partial charge in [0.2, 0.25) is 0 Å². The molecule has 1 aliphatic heterocycles. The predicted octanol–water partition coefficient (Wildman–Crippen LogP) is 2.32. The first kappa shape index (κ1) is 12.2. The second-order valence-electron chi connectivity index (χ2n) is 4.92. The van der Waals surface area contributed by atoms with Gasteiger partial charge in [-0.05, 0) is 50.3 Å². The molecule has 0 radical (unpaired) electrons. The van der Waals surface area contributed by atoms with Gasteiger partial charge in [0.25, 0.3) is 0 Å². The fourth-order valence-corrected chi connectivity index (χ4v) is 2.70. The first-order valence-electron chi connectivity index (χ1n) is 6.46. The van der Waals surface area contributed by atoms with Gasteiger partial charge in [0.05, 0.1) is 11.4 Å². The number of aliphatic hydroxyl groups excluding tert-OH is 1. The van der Waals surface area contributed by atoms with Gasteiger partial charge in [0.1, 0.15) is 0 Å². The van der Waals surface area contributed by atoms with Crippen LogP contribution in [0.4, 0.5) is 11.4 Å². The van der Waals surface area contributed by atoms with Crippen molar-refractivity contribution in [2.24, 2.45) is 0 Å². The summed E-state index contributed by atoms with van der Waals surface area (Å²) in [6.45, 7) is 3.37. The Balaban J connectivity index is 2.23. The van der Waals surface area contributed by atoms with E-state index in [1.807, 2.05) is 6.07 Å². The minimum absolute atomic E-state index is 0.257. The van der Waals surface area contributed by atoms with Crippen molar-refractivity contribution in [2.75, 3.05) is 23.8 Å². The Morgan fingerprint density at radius 3 is 2.94 bits per heavy atom. The summed E-state index contributed by atoms with van der Waals surface area (Å²) < 4.78 is 0. The van der Waals surface area contributed by atoms with Gasteiger partial charge in [-0.1, -0.05) is 6.07 Å². The van der Waals surface area contributed by atoms with E-state index in [0.29, 0.717) is 6.04 Å². The van der Waals surface area contributed by atoms with Crippen molar-refractivity contribution in [2.45, 2.75) is 38.6 Å². The Hall–Kier alpha value is -1.22. The second-order valence-corrected chi connectivity index (χ2v) is 4.92. The minimum atomic E-state index is 0.257. The van der Waals surface area contributed by atoms with Gasteiger partial charge in [0, 0.05) is 19.2 Å². The third-order valence-corrected chi connectivity index (χ3v) is 3.58. The Bertz CT molecular complexity index is 376. The van der Waals surface area contributed by atoms with Gasteiger partial charge in [-0.3, -0.25) is 0 Å². The maximum Gasteiger partial charge on any atom is 0.0602 e. The zero-order valence-corrected chi connectivity index (χ0v) is 10.5. The van der Waals surface area contributed by atoms with Crippen LogP contribution in [0.15, 0.2) is 18.2 Å². The molecule has 0 aliphatic carbocycles. The van der Waals surface area contributed by atoms with Crippen molar-refractivity contribution in [3.63, 3.8) is 0 Å². The summed E-state index contributed by atoms with van der Waals surface area (Å²) in [4.78, 5) is 2.37. The Morgan fingerprint density at radius 2 is 2.24 bits per heavy atom. The molecule has 1 aromatic rings. The predicted molar refractivity (Wildman–Crippen MR) is 72.3 cm³/mol. The molecule has 1 fully saturated rings. The van der Waals surface area contributed by atoms with E-state index in [1.165, 1.54) is 18.4 Å². The lowest BCUT2D eigenvalue weighted by molar-refractivity contribution is 0.262. The fraction of sp³-hybridized carbons (Fsp3) is 0.571. The quantitative estimate of drug-likeness (QED) is 0.789. The summed E-state index contributed by atoms with van der Waals surface area (Å²) in [7, 11) is 0. The summed E-state index contributed by atoms with van der Waals surface area (Å²) in [5, 5.41) is 9.14. The van der Waals surface area contributed by atoms with Crippen molar-refractivity contribution >= 4 is 11.4 Å². The SMILES string of the molecule is Cc1ccc(N2CCCCC2CCO)c(N)c1. The Morgan fingerprint density at radius 1 is 1.41 bits per heavy atom. The number of aliphatic hydroxyl groups is 1. The van der Waals surface area contributed by atoms with Crippen LogP contribution in [0.5, 0.6) is 0 Å². The van der Waals surface area contributed by atoms with E-state index < -0.39 is 0 Å². The van der Waals surface area contributed by atoms with Crippen LogP contribution in [0.1, 0.15) is 31.2 Å². The normalized spacial score (nSPS) is 20.6. The van der Waals surface area contributed by atoms with Gasteiger partial charge in [0.15, 0.2) is 0 Å². The molecule has 3 N–H and O–H groups in total. The maximum atomic E-state index is 9.14. The topological polar surface area (TPSA) is 49.5 Å². The van der Waals surface area contributed by atoms with Gasteiger partial charge >= 0.3 is 0 Å². The molecule has 1 unspecified atom stereocenters. The van der Waals surface area contributed by atoms with Crippen molar-refractivity contribution < 1.29 is 5.11 Å². The Kier molecular flexibility index (Phi) is 3.89. The first-order chi connectivity index (χ1) is 8.22. The largest absolute Gasteiger partial charge is 0.397 e. The molecule has 2 rings (SSSR count). The van der Waals surface area contributed by atoms with Crippen LogP contribution in [0, 0.1) is 6.92 Å². The maximum absolute atomic E-state index is 9.14. The molecule has 3 nitrogen and oxygen atoms in total. The summed E-state index contributed by atoms with van der Waals surface area (Å²) in [5.41, 5.74) is 9.29. The summed E-state index contributed by atoms with van der Waals surface area (Å²) in [5.74, 6) is 0. The zero-order valence-electron chi connectivity index (χ0n) is 10.5. The molecule has 17 heavy (non-hydrogen) atoms. The van der Waals surface area contributed by atoms with Crippen molar-refractivity contribution in [1.29, 1.82) is 0 Å². The number of anilines is 2. The van der Waals surface area contributed by atoms with Crippen LogP contribution < -0.4 is 10.6 Å². The highest BCUT2D eigenvalue weighted by atomic mass is 16.3. The number of hydrogen-bond donors (Lipinski definition) is 2. The van der Waals surface area contributed by atoms with Gasteiger partial charge in [-0.2, -0.15) is 0 Å². The average molecular weight is 234 g/mol. The fourth-order valence-electron chi connectivity index (χ4n) is 2.70. The van der Waals surface area contributed by atoms with Crippen LogP contribution in [0.25, 0.3) is 0 Å². The molecule has 0 spiro atoms. The van der Waals surface area contributed by atoms with E-state index in [9.17, 15) is 0 Å². The van der Waals surface area contributed by atoms with Crippen molar-refractivity contribution in [3.8, 4) is 0 Å². The molecule has 94 valence electrons. The number of rotatable bonds is 3. The van der Waals surface area contributed by atoms with E-state index in [1.54, 1.807) is 0 Å². The lowest BCUT2D eigenvalue weighted by Crippen LogP contribution is -2.40. The number of nitrogens with zero attached hydrogens (tertiary/aromatic N) is 1. The van der Waals surface area contributed by atoms with E-state index in [4.69, 9.17) is 10.8 Å². The lowest BCUT2D eigenvalue weighted by atomic mass is 9.98. The van der Waals surface area contributed by atoms with Crippen molar-refractivity contribution in [3.05, 3.63) is 23.8 Å². The molecule has 1 aromatic carbocycles. The highest BCUT2D eigenvalue weighted by Crippen LogP contribution is 2.31. The smallest absolute Gasteiger partial charge is 0.0602 e. The summed E-state index contributed by atoms with van der Waals surface area (Å²) in [6, 6.07) is 6.69. The molecule has 0 amide bonds. The number of nitrogens with two attached hydrogens (primary N) is 1. The number of nitrogen functional groups attached to an aromatic ring is 1. The average Bonchev–Trinajstić information content (AvgIpc) is 2.31. The van der Waals surface area contributed by atoms with Crippen LogP contribution in [0.3, 0.4) is 0 Å². The van der Waals surface area contributed by atoms with Crippen LogP contribution in [-0.2, 0) is 0 Å². The monoisotopic (exact) mass is 234 g/mol. The first-order valence-corrected chi connectivity index (χ1v) is 6.46. The zero-order chi connectivity index (χ0) is 12.3. The van der Waals surface area contributed by atoms with E-state index in [0.717, 1.165) is 30.8 Å². The number of piperidine rings is 1. The second kappa shape index (κ2) is 5.41. The minimum Gasteiger partial charge on any atom is -0.397 e.